The number of halogens is 4. The minimum atomic E-state index is -4.64. The van der Waals surface area contributed by atoms with Crippen LogP contribution in [0, 0.1) is 17.2 Å². The number of benzene rings is 1. The summed E-state index contributed by atoms with van der Waals surface area (Å²) in [5.41, 5.74) is 1.38. The average Bonchev–Trinajstić information content (AvgIpc) is 3.67. The predicted octanol–water partition coefficient (Wildman–Crippen LogP) is 5.30. The molecule has 2 atom stereocenters. The van der Waals surface area contributed by atoms with Gasteiger partial charge < -0.3 is 0 Å². The van der Waals surface area contributed by atoms with E-state index in [0.717, 1.165) is 0 Å². The molecule has 0 bridgehead atoms. The number of hydrogen-bond acceptors (Lipinski definition) is 7. The fraction of sp³-hybridized carbons (Fsp3) is 0.333. The number of fused-ring (bicyclic) bond motifs is 2. The normalized spacial score (nSPS) is 20.8. The van der Waals surface area contributed by atoms with Crippen molar-refractivity contribution in [3.05, 3.63) is 81.6 Å². The molecule has 1 saturated carbocycles. The van der Waals surface area contributed by atoms with Crippen molar-refractivity contribution in [3.63, 3.8) is 0 Å². The summed E-state index contributed by atoms with van der Waals surface area (Å²) >= 11 is 0.292. The number of sulfone groups is 1. The van der Waals surface area contributed by atoms with E-state index < -0.39 is 43.8 Å². The molecule has 0 spiro atoms. The second-order valence-corrected chi connectivity index (χ2v) is 13.5. The number of allylic oxidation sites excluding steroid dienone is 1. The molecule has 41 heavy (non-hydrogen) atoms. The highest BCUT2D eigenvalue weighted by atomic mass is 32.2. The van der Waals surface area contributed by atoms with E-state index in [4.69, 9.17) is 0 Å². The molecule has 0 radical (unpaired) electrons. The Hall–Kier alpha value is -3.65. The third kappa shape index (κ3) is 4.92. The summed E-state index contributed by atoms with van der Waals surface area (Å²) in [6.45, 7) is 0. The van der Waals surface area contributed by atoms with Gasteiger partial charge in [-0.15, -0.1) is 11.3 Å². The lowest BCUT2D eigenvalue weighted by Crippen LogP contribution is -2.43. The van der Waals surface area contributed by atoms with E-state index in [2.05, 4.69) is 15.2 Å². The Labute approximate surface area is 236 Å². The van der Waals surface area contributed by atoms with E-state index in [0.29, 0.717) is 52.9 Å². The molecule has 4 aromatic rings. The Bertz CT molecular complexity index is 1790. The summed E-state index contributed by atoms with van der Waals surface area (Å²) in [6, 6.07) is 5.76. The van der Waals surface area contributed by atoms with Gasteiger partial charge in [-0.05, 0) is 67.5 Å². The van der Waals surface area contributed by atoms with Gasteiger partial charge in [-0.3, -0.25) is 9.48 Å². The topological polar surface area (TPSA) is 99.7 Å². The van der Waals surface area contributed by atoms with E-state index >= 15 is 0 Å². The van der Waals surface area contributed by atoms with Crippen molar-refractivity contribution in [1.82, 2.24) is 24.5 Å². The molecule has 3 aromatic heterocycles. The molecule has 8 nitrogen and oxygen atoms in total. The van der Waals surface area contributed by atoms with Gasteiger partial charge in [0.05, 0.1) is 41.1 Å². The third-order valence-corrected chi connectivity index (χ3v) is 10.6. The zero-order chi connectivity index (χ0) is 29.2. The Morgan fingerprint density at radius 1 is 1.15 bits per heavy atom. The fourth-order valence-corrected chi connectivity index (χ4v) is 8.26. The lowest BCUT2D eigenvalue weighted by molar-refractivity contribution is -0.134. The number of aromatic nitrogens is 5. The molecule has 0 aliphatic heterocycles. The van der Waals surface area contributed by atoms with Crippen molar-refractivity contribution in [3.8, 4) is 5.69 Å². The van der Waals surface area contributed by atoms with Crippen LogP contribution in [0.3, 0.4) is 0 Å². The van der Waals surface area contributed by atoms with E-state index in [1.807, 2.05) is 6.08 Å². The zero-order valence-corrected chi connectivity index (χ0v) is 23.2. The number of carbonyl (C=O) groups is 1. The highest BCUT2D eigenvalue weighted by Gasteiger charge is 2.51. The molecular formula is C27H23F4N5O3S2. The van der Waals surface area contributed by atoms with Gasteiger partial charge in [-0.25, -0.2) is 22.5 Å². The monoisotopic (exact) mass is 605 g/mol. The largest absolute Gasteiger partial charge is 0.427 e. The lowest BCUT2D eigenvalue weighted by atomic mass is 9.60. The highest BCUT2D eigenvalue weighted by Crippen LogP contribution is 2.52. The van der Waals surface area contributed by atoms with Gasteiger partial charge in [-0.2, -0.15) is 23.4 Å². The SMILES string of the molecule is Cn1cc(S(=O)(=O)C[C@H]2CCC3=Cc4c(cnn4-c4ccc(F)cc4)C[C@]3(C(=O)c3ncc(C(F)(F)F)s3)C2)cn1. The first-order chi connectivity index (χ1) is 19.4. The summed E-state index contributed by atoms with van der Waals surface area (Å²) in [5, 5.41) is 8.12. The van der Waals surface area contributed by atoms with Crippen LogP contribution >= 0.6 is 11.3 Å². The standard InChI is InChI=1S/C27H23F4N5O3S2/c1-35-14-21(12-33-35)41(38,39)15-16-2-3-18-8-22-17(11-34-36(22)20-6-4-19(28)5-7-20)10-26(18,9-16)24(37)25-32-13-23(40-25)27(29,30)31/h4-8,11-14,16H,2-3,9-10,15H2,1H3/t16-,26+/m0/s1. The summed E-state index contributed by atoms with van der Waals surface area (Å²) in [5.74, 6) is -1.63. The highest BCUT2D eigenvalue weighted by molar-refractivity contribution is 7.91. The molecule has 14 heteroatoms. The van der Waals surface area contributed by atoms with Crippen molar-refractivity contribution in [2.45, 2.75) is 36.8 Å². The van der Waals surface area contributed by atoms with Gasteiger partial charge >= 0.3 is 6.18 Å². The molecule has 2 aliphatic rings. The summed E-state index contributed by atoms with van der Waals surface area (Å²) in [6.07, 6.45) is 3.18. The number of thiazole rings is 1. The molecule has 3 heterocycles. The second-order valence-electron chi connectivity index (χ2n) is 10.5. The van der Waals surface area contributed by atoms with Crippen molar-refractivity contribution in [2.24, 2.45) is 18.4 Å². The first kappa shape index (κ1) is 27.5. The van der Waals surface area contributed by atoms with Crippen LogP contribution in [0.5, 0.6) is 0 Å². The van der Waals surface area contributed by atoms with Crippen LogP contribution in [0.25, 0.3) is 11.8 Å². The maximum absolute atomic E-state index is 14.1. The Kier molecular flexibility index (Phi) is 6.53. The predicted molar refractivity (Wildman–Crippen MR) is 142 cm³/mol. The number of carbonyl (C=O) groups excluding carboxylic acids is 1. The molecule has 6 rings (SSSR count). The van der Waals surface area contributed by atoms with Gasteiger partial charge in [0.1, 0.15) is 15.6 Å². The fourth-order valence-electron chi connectivity index (χ4n) is 5.82. The Morgan fingerprint density at radius 3 is 2.56 bits per heavy atom. The Balaban J connectivity index is 1.40. The number of alkyl halides is 3. The zero-order valence-electron chi connectivity index (χ0n) is 21.6. The molecule has 1 fully saturated rings. The summed E-state index contributed by atoms with van der Waals surface area (Å²) < 4.78 is 83.0. The van der Waals surface area contributed by atoms with Gasteiger partial charge in [0.25, 0.3) is 0 Å². The number of Topliss-reactive ketones (excluding diaryl/α,β-unsaturated/α-hetero) is 1. The number of hydrogen-bond donors (Lipinski definition) is 0. The molecular weight excluding hydrogens is 582 g/mol. The van der Waals surface area contributed by atoms with Crippen LogP contribution in [0.15, 0.2) is 59.5 Å². The maximum atomic E-state index is 14.1. The van der Waals surface area contributed by atoms with Crippen LogP contribution in [0.4, 0.5) is 17.6 Å². The minimum absolute atomic E-state index is 0.0722. The van der Waals surface area contributed by atoms with Crippen LogP contribution in [0.2, 0.25) is 0 Å². The molecule has 0 saturated heterocycles. The molecule has 214 valence electrons. The maximum Gasteiger partial charge on any atom is 0.427 e. The van der Waals surface area contributed by atoms with Gasteiger partial charge in [0.2, 0.25) is 5.78 Å². The van der Waals surface area contributed by atoms with Crippen molar-refractivity contribution >= 4 is 33.0 Å². The van der Waals surface area contributed by atoms with Crippen LogP contribution < -0.4 is 0 Å². The van der Waals surface area contributed by atoms with Crippen molar-refractivity contribution in [1.29, 1.82) is 0 Å². The van der Waals surface area contributed by atoms with Gasteiger partial charge in [0, 0.05) is 13.2 Å². The average molecular weight is 606 g/mol. The van der Waals surface area contributed by atoms with Crippen molar-refractivity contribution in [2.75, 3.05) is 5.75 Å². The van der Waals surface area contributed by atoms with Crippen LogP contribution in [-0.4, -0.2) is 44.5 Å². The number of nitrogens with zero attached hydrogens (tertiary/aromatic N) is 5. The smallest absolute Gasteiger partial charge is 0.290 e. The quantitative estimate of drug-likeness (QED) is 0.218. The van der Waals surface area contributed by atoms with Crippen LogP contribution in [0.1, 0.15) is 45.2 Å². The number of rotatable bonds is 6. The molecule has 2 aliphatic carbocycles. The van der Waals surface area contributed by atoms with E-state index in [-0.39, 0.29) is 28.5 Å². The summed E-state index contributed by atoms with van der Waals surface area (Å²) in [7, 11) is -2.12. The minimum Gasteiger partial charge on any atom is -0.290 e. The lowest BCUT2D eigenvalue weighted by Gasteiger charge is -2.43. The first-order valence-corrected chi connectivity index (χ1v) is 15.2. The third-order valence-electron chi connectivity index (χ3n) is 7.74. The molecule has 0 N–H and O–H groups in total. The summed E-state index contributed by atoms with van der Waals surface area (Å²) in [4.78, 5) is 17.1. The van der Waals surface area contributed by atoms with Gasteiger partial charge in [-0.1, -0.05) is 5.57 Å². The molecule has 0 unspecified atom stereocenters. The van der Waals surface area contributed by atoms with Gasteiger partial charge in [0.15, 0.2) is 14.8 Å². The van der Waals surface area contributed by atoms with Crippen LogP contribution in [-0.2, 0) is 29.5 Å². The number of ketones is 1. The van der Waals surface area contributed by atoms with E-state index in [9.17, 15) is 30.8 Å². The van der Waals surface area contributed by atoms with E-state index in [1.165, 1.54) is 29.2 Å². The Morgan fingerprint density at radius 2 is 1.90 bits per heavy atom. The van der Waals surface area contributed by atoms with E-state index in [1.54, 1.807) is 30.1 Å². The molecule has 1 aromatic carbocycles. The second kappa shape index (κ2) is 9.72. The van der Waals surface area contributed by atoms with Crippen molar-refractivity contribution < 1.29 is 30.8 Å². The molecule has 0 amide bonds. The first-order valence-electron chi connectivity index (χ1n) is 12.7. The number of aryl methyl sites for hydroxylation is 1.